The number of hydrogen-bond acceptors (Lipinski definition) is 8. The predicted octanol–water partition coefficient (Wildman–Crippen LogP) is 7.47. The van der Waals surface area contributed by atoms with Crippen LogP contribution in [0.2, 0.25) is 0 Å². The van der Waals surface area contributed by atoms with E-state index in [0.717, 1.165) is 96.2 Å². The van der Waals surface area contributed by atoms with Crippen molar-refractivity contribution in [1.29, 1.82) is 0 Å². The molecule has 3 amide bonds. The minimum atomic E-state index is -0.663. The Labute approximate surface area is 434 Å². The summed E-state index contributed by atoms with van der Waals surface area (Å²) in [5, 5.41) is 48.4. The first-order chi connectivity index (χ1) is 33.1. The molecular formula is C55H53N5O8W2+2. The van der Waals surface area contributed by atoms with Crippen molar-refractivity contribution >= 4 is 45.1 Å². The van der Waals surface area contributed by atoms with Crippen molar-refractivity contribution in [3.05, 3.63) is 155 Å². The molecule has 2 aliphatic rings. The van der Waals surface area contributed by atoms with Crippen molar-refractivity contribution in [2.24, 2.45) is 5.73 Å². The molecule has 0 aliphatic carbocycles. The minimum absolute atomic E-state index is 0. The smallest absolute Gasteiger partial charge is 0.404 e. The Bertz CT molecular complexity index is 3060. The molecule has 0 saturated carbocycles. The summed E-state index contributed by atoms with van der Waals surface area (Å²) in [6.07, 6.45) is 1.54. The number of aliphatic hydroxyl groups excluding tert-OH is 4. The summed E-state index contributed by atoms with van der Waals surface area (Å²) in [6.45, 7) is 2.06. The average Bonchev–Trinajstić information content (AvgIpc) is 3.37. The number of urea groups is 1. The molecule has 70 heavy (non-hydrogen) atoms. The van der Waals surface area contributed by atoms with Crippen LogP contribution in [0, 0.1) is 0 Å². The van der Waals surface area contributed by atoms with Gasteiger partial charge >= 0.3 is 11.9 Å². The van der Waals surface area contributed by atoms with Crippen LogP contribution in [0.1, 0.15) is 40.3 Å². The number of hydrogen-bond donors (Lipinski definition) is 7. The third-order valence-corrected chi connectivity index (χ3v) is 13.0. The Balaban J connectivity index is 0.000000201. The van der Waals surface area contributed by atoms with Gasteiger partial charge in [-0.3, -0.25) is 0 Å². The van der Waals surface area contributed by atoms with E-state index in [1.165, 1.54) is 12.5 Å². The van der Waals surface area contributed by atoms with Crippen molar-refractivity contribution in [1.82, 2.24) is 0 Å². The van der Waals surface area contributed by atoms with Crippen LogP contribution in [0.5, 0.6) is 11.5 Å². The first-order valence-corrected chi connectivity index (χ1v) is 22.4. The molecule has 0 radical (unpaired) electrons. The second kappa shape index (κ2) is 22.2. The summed E-state index contributed by atoms with van der Waals surface area (Å²) in [7, 11) is 3.37. The number of fused-ring (bicyclic) bond motifs is 8. The number of methoxy groups -OCH3 is 2. The van der Waals surface area contributed by atoms with Gasteiger partial charge in [-0.25, -0.2) is 24.0 Å². The van der Waals surface area contributed by atoms with Crippen LogP contribution in [0.3, 0.4) is 0 Å². The molecule has 0 saturated heterocycles. The van der Waals surface area contributed by atoms with Gasteiger partial charge < -0.3 is 35.6 Å². The SMILES string of the molecule is COc1cc2c(cc1-c1ccccc1)-c1cc3cc(CO)c(CO)cc3c(NC(C)=O)[n+]1CC2.COc1cc2c(cc1-c1ccccc1)-c1cc3cc(CO)c(CO)cc3c(NC(N)=O)[n+]1CC2.[W].[W]. The normalized spacial score (nSPS) is 11.9. The fraction of sp³-hybridized carbons (Fsp3) is 0.200. The zero-order chi connectivity index (χ0) is 47.6. The number of aryl methyl sites for hydroxylation is 2. The van der Waals surface area contributed by atoms with Crippen LogP contribution < -0.4 is 35.0 Å². The Morgan fingerprint density at radius 3 is 1.29 bits per heavy atom. The summed E-state index contributed by atoms with van der Waals surface area (Å²) < 4.78 is 15.6. The van der Waals surface area contributed by atoms with Crippen LogP contribution in [0.25, 0.3) is 66.3 Å². The van der Waals surface area contributed by atoms with E-state index in [0.29, 0.717) is 47.0 Å². The van der Waals surface area contributed by atoms with Gasteiger partial charge in [-0.15, -0.1) is 0 Å². The zero-order valence-corrected chi connectivity index (χ0v) is 44.8. The molecule has 8 aromatic rings. The van der Waals surface area contributed by atoms with E-state index in [2.05, 4.69) is 68.3 Å². The maximum absolute atomic E-state index is 12.2. The Morgan fingerprint density at radius 1 is 0.543 bits per heavy atom. The molecule has 13 nitrogen and oxygen atoms in total. The number of carbonyl (C=O) groups is 2. The number of aromatic nitrogens is 2. The number of rotatable bonds is 10. The Kier molecular flexibility index (Phi) is 16.3. The van der Waals surface area contributed by atoms with Gasteiger partial charge in [0, 0.05) is 84.1 Å². The van der Waals surface area contributed by atoms with E-state index < -0.39 is 6.03 Å². The second-order valence-electron chi connectivity index (χ2n) is 16.9. The molecule has 10 rings (SSSR count). The van der Waals surface area contributed by atoms with E-state index >= 15 is 0 Å². The Hall–Kier alpha value is -6.30. The van der Waals surface area contributed by atoms with Gasteiger partial charge in [-0.2, -0.15) is 5.32 Å². The molecule has 15 heteroatoms. The van der Waals surface area contributed by atoms with Gasteiger partial charge in [0.15, 0.2) is 0 Å². The molecule has 0 fully saturated rings. The third-order valence-electron chi connectivity index (χ3n) is 13.0. The first-order valence-electron chi connectivity index (χ1n) is 22.4. The number of nitrogens with zero attached hydrogens (tertiary/aromatic N) is 2. The standard InChI is InChI=1S/C28H26N2O4.C27H25N3O4.2W/c1-17(33)29-28-25-11-22(16-32)21(15-31)10-20(25)12-26-23-14-24(18-6-4-3-5-7-18)27(34-2)13-19(23)8-9-30(26)28;1-34-25-12-17-7-8-30-24(21(17)13-22(25)16-5-3-2-4-6-16)11-18-9-19(14-31)20(15-32)10-23(18)26(30)29-27(28)33;;/h3-7,10-14,31-32H,8-9,15-16H2,1-2H3;2-6,9-13,31-32H,7-8,14-15H2,1H3,(H2,28,33);;/p+2. The fourth-order valence-electron chi connectivity index (χ4n) is 9.72. The number of anilines is 2. The van der Waals surface area contributed by atoms with Gasteiger partial charge in [-0.05, 0) is 116 Å². The van der Waals surface area contributed by atoms with Crippen molar-refractivity contribution in [3.8, 4) is 56.3 Å². The van der Waals surface area contributed by atoms with Crippen LogP contribution in [-0.4, -0.2) is 46.6 Å². The monoisotopic (exact) mass is 1280 g/mol. The number of benzene rings is 6. The van der Waals surface area contributed by atoms with Crippen LogP contribution >= 0.6 is 0 Å². The second-order valence-corrected chi connectivity index (χ2v) is 16.9. The maximum Gasteiger partial charge on any atom is 0.404 e. The van der Waals surface area contributed by atoms with E-state index in [1.54, 1.807) is 20.3 Å². The van der Waals surface area contributed by atoms with E-state index in [-0.39, 0.29) is 74.5 Å². The number of pyridine rings is 2. The number of carbonyl (C=O) groups excluding carboxylic acids is 2. The van der Waals surface area contributed by atoms with Crippen molar-refractivity contribution in [3.63, 3.8) is 0 Å². The molecule has 0 spiro atoms. The summed E-state index contributed by atoms with van der Waals surface area (Å²) in [5.41, 5.74) is 18.6. The topological polar surface area (TPSA) is 191 Å². The molecule has 6 aromatic carbocycles. The van der Waals surface area contributed by atoms with Crippen LogP contribution in [0.15, 0.2) is 121 Å². The summed E-state index contributed by atoms with van der Waals surface area (Å²) in [6, 6.07) is 39.6. The molecule has 8 N–H and O–H groups in total. The van der Waals surface area contributed by atoms with Gasteiger partial charge in [0.05, 0.1) is 64.5 Å². The van der Waals surface area contributed by atoms with Crippen molar-refractivity contribution in [2.75, 3.05) is 24.9 Å². The number of nitrogens with one attached hydrogen (secondary N) is 2. The predicted molar refractivity (Wildman–Crippen MR) is 262 cm³/mol. The summed E-state index contributed by atoms with van der Waals surface area (Å²) in [5.74, 6) is 2.74. The van der Waals surface area contributed by atoms with E-state index in [1.807, 2.05) is 66.7 Å². The quantitative estimate of drug-likeness (QED) is 0.0687. The molecule has 0 atom stereocenters. The molecule has 356 valence electrons. The van der Waals surface area contributed by atoms with Gasteiger partial charge in [0.1, 0.15) is 22.9 Å². The van der Waals surface area contributed by atoms with Crippen LogP contribution in [-0.2, 0) is 99.3 Å². The Morgan fingerprint density at radius 2 is 0.929 bits per heavy atom. The fourth-order valence-corrected chi connectivity index (χ4v) is 9.72. The first kappa shape index (κ1) is 51.5. The number of primary amides is 1. The van der Waals surface area contributed by atoms with Gasteiger partial charge in [-0.1, -0.05) is 60.7 Å². The van der Waals surface area contributed by atoms with E-state index in [9.17, 15) is 30.0 Å². The van der Waals surface area contributed by atoms with Gasteiger partial charge in [0.2, 0.25) is 0 Å². The molecule has 2 aliphatic heterocycles. The largest absolute Gasteiger partial charge is 0.496 e. The van der Waals surface area contributed by atoms with E-state index in [4.69, 9.17) is 15.2 Å². The van der Waals surface area contributed by atoms with Crippen LogP contribution in [0.4, 0.5) is 16.4 Å². The average molecular weight is 1280 g/mol. The van der Waals surface area contributed by atoms with Crippen molar-refractivity contribution < 1.29 is 90.8 Å². The molecule has 0 unspecified atom stereocenters. The number of nitrogens with two attached hydrogens (primary N) is 1. The third kappa shape index (κ3) is 9.88. The zero-order valence-electron chi connectivity index (χ0n) is 38.9. The number of aliphatic hydroxyl groups is 4. The number of amides is 3. The summed E-state index contributed by atoms with van der Waals surface area (Å²) in [4.78, 5) is 24.1. The molecular weight excluding hydrogens is 1230 g/mol. The molecule has 4 heterocycles. The summed E-state index contributed by atoms with van der Waals surface area (Å²) >= 11 is 0. The minimum Gasteiger partial charge on any atom is -0.496 e. The van der Waals surface area contributed by atoms with Crippen molar-refractivity contribution in [2.45, 2.75) is 59.3 Å². The maximum atomic E-state index is 12.2. The molecule has 0 bridgehead atoms. The van der Waals surface area contributed by atoms with Gasteiger partial charge in [0.25, 0.3) is 11.6 Å². The number of ether oxygens (including phenoxy) is 2. The molecule has 2 aromatic heterocycles.